The van der Waals surface area contributed by atoms with E-state index in [0.29, 0.717) is 12.4 Å². The Hall–Kier alpha value is -1.84. The SMILES string of the molecule is CCCCCOc1cccc2c1C(N)=NC2=N. The van der Waals surface area contributed by atoms with Crippen molar-refractivity contribution >= 4 is 11.7 Å². The van der Waals surface area contributed by atoms with Gasteiger partial charge in [0.25, 0.3) is 0 Å². The second-order valence-electron chi connectivity index (χ2n) is 4.08. The van der Waals surface area contributed by atoms with Gasteiger partial charge in [0.1, 0.15) is 11.6 Å². The van der Waals surface area contributed by atoms with Gasteiger partial charge in [-0.15, -0.1) is 0 Å². The molecule has 0 fully saturated rings. The van der Waals surface area contributed by atoms with Crippen molar-refractivity contribution in [2.75, 3.05) is 6.61 Å². The molecular weight excluding hydrogens is 214 g/mol. The van der Waals surface area contributed by atoms with Gasteiger partial charge in [-0.3, -0.25) is 5.41 Å². The van der Waals surface area contributed by atoms with Crippen LogP contribution in [-0.4, -0.2) is 18.3 Å². The van der Waals surface area contributed by atoms with Crippen LogP contribution in [-0.2, 0) is 0 Å². The highest BCUT2D eigenvalue weighted by Gasteiger charge is 2.22. The molecule has 90 valence electrons. The van der Waals surface area contributed by atoms with Gasteiger partial charge in [-0.2, -0.15) is 0 Å². The molecule has 1 aliphatic heterocycles. The molecule has 4 nitrogen and oxygen atoms in total. The van der Waals surface area contributed by atoms with Gasteiger partial charge in [0, 0.05) is 5.56 Å². The average Bonchev–Trinajstić information content (AvgIpc) is 2.62. The van der Waals surface area contributed by atoms with Crippen LogP contribution in [0.3, 0.4) is 0 Å². The summed E-state index contributed by atoms with van der Waals surface area (Å²) in [5, 5.41) is 7.68. The summed E-state index contributed by atoms with van der Waals surface area (Å²) in [7, 11) is 0. The first-order valence-corrected chi connectivity index (χ1v) is 5.93. The van der Waals surface area contributed by atoms with Crippen LogP contribution < -0.4 is 10.5 Å². The highest BCUT2D eigenvalue weighted by atomic mass is 16.5. The van der Waals surface area contributed by atoms with Crippen molar-refractivity contribution in [2.24, 2.45) is 10.7 Å². The van der Waals surface area contributed by atoms with Crippen LogP contribution in [0, 0.1) is 5.41 Å². The standard InChI is InChI=1S/C13H17N3O/c1-2-3-4-8-17-10-7-5-6-9-11(10)13(15)16-12(9)14/h5-7H,2-4,8H2,1H3,(H3,14,15,16). The summed E-state index contributed by atoms with van der Waals surface area (Å²) in [6, 6.07) is 5.60. The Kier molecular flexibility index (Phi) is 3.42. The number of benzene rings is 1. The summed E-state index contributed by atoms with van der Waals surface area (Å²) in [5.74, 6) is 1.34. The first-order valence-electron chi connectivity index (χ1n) is 5.93. The normalized spacial score (nSPS) is 13.5. The van der Waals surface area contributed by atoms with Crippen LogP contribution in [0.25, 0.3) is 0 Å². The third-order valence-electron chi connectivity index (χ3n) is 2.78. The van der Waals surface area contributed by atoms with Crippen molar-refractivity contribution in [2.45, 2.75) is 26.2 Å². The Bertz CT molecular complexity index is 466. The monoisotopic (exact) mass is 231 g/mol. The first kappa shape index (κ1) is 11.6. The number of amidine groups is 2. The van der Waals surface area contributed by atoms with Gasteiger partial charge in [-0.05, 0) is 12.5 Å². The number of unbranched alkanes of at least 4 members (excludes halogenated alkanes) is 2. The Labute approximate surface area is 101 Å². The minimum absolute atomic E-state index is 0.219. The summed E-state index contributed by atoms with van der Waals surface area (Å²) >= 11 is 0. The minimum Gasteiger partial charge on any atom is -0.493 e. The molecule has 0 spiro atoms. The highest BCUT2D eigenvalue weighted by molar-refractivity contribution is 6.22. The molecule has 0 saturated carbocycles. The lowest BCUT2D eigenvalue weighted by Crippen LogP contribution is -2.13. The molecule has 1 aliphatic rings. The molecule has 0 saturated heterocycles. The van der Waals surface area contributed by atoms with Crippen molar-refractivity contribution in [3.05, 3.63) is 29.3 Å². The van der Waals surface area contributed by atoms with Crippen molar-refractivity contribution in [3.63, 3.8) is 0 Å². The van der Waals surface area contributed by atoms with Crippen LogP contribution in [0.5, 0.6) is 5.75 Å². The molecule has 0 aromatic heterocycles. The van der Waals surface area contributed by atoms with Crippen LogP contribution in [0.15, 0.2) is 23.2 Å². The number of nitrogens with zero attached hydrogens (tertiary/aromatic N) is 1. The molecule has 0 bridgehead atoms. The summed E-state index contributed by atoms with van der Waals surface area (Å²) < 4.78 is 5.71. The smallest absolute Gasteiger partial charge is 0.155 e. The molecule has 1 heterocycles. The van der Waals surface area contributed by atoms with Crippen molar-refractivity contribution in [1.82, 2.24) is 0 Å². The molecule has 0 radical (unpaired) electrons. The Morgan fingerprint density at radius 1 is 1.35 bits per heavy atom. The van der Waals surface area contributed by atoms with E-state index in [0.717, 1.165) is 29.7 Å². The fourth-order valence-corrected chi connectivity index (χ4v) is 1.88. The molecule has 1 aromatic carbocycles. The third-order valence-corrected chi connectivity index (χ3v) is 2.78. The maximum absolute atomic E-state index is 7.68. The second kappa shape index (κ2) is 4.99. The van der Waals surface area contributed by atoms with E-state index in [-0.39, 0.29) is 5.84 Å². The summed E-state index contributed by atoms with van der Waals surface area (Å²) in [6.45, 7) is 2.84. The molecule has 17 heavy (non-hydrogen) atoms. The Morgan fingerprint density at radius 3 is 2.94 bits per heavy atom. The van der Waals surface area contributed by atoms with Crippen molar-refractivity contribution in [3.8, 4) is 5.75 Å². The van der Waals surface area contributed by atoms with Crippen LogP contribution >= 0.6 is 0 Å². The van der Waals surface area contributed by atoms with E-state index in [4.69, 9.17) is 15.9 Å². The zero-order valence-corrected chi connectivity index (χ0v) is 9.99. The molecular formula is C13H17N3O. The number of hydrogen-bond donors (Lipinski definition) is 2. The van der Waals surface area contributed by atoms with Crippen LogP contribution in [0.2, 0.25) is 0 Å². The molecule has 0 unspecified atom stereocenters. The predicted octanol–water partition coefficient (Wildman–Crippen LogP) is 2.30. The fourth-order valence-electron chi connectivity index (χ4n) is 1.88. The van der Waals surface area contributed by atoms with E-state index in [1.165, 1.54) is 6.42 Å². The Balaban J connectivity index is 2.14. The first-order chi connectivity index (χ1) is 8.24. The molecule has 0 amide bonds. The molecule has 0 aliphatic carbocycles. The molecule has 0 atom stereocenters. The lowest BCUT2D eigenvalue weighted by Gasteiger charge is -2.10. The molecule has 1 aromatic rings. The summed E-state index contributed by atoms with van der Waals surface area (Å²) in [5.41, 5.74) is 7.33. The number of fused-ring (bicyclic) bond motifs is 1. The van der Waals surface area contributed by atoms with Gasteiger partial charge in [0.05, 0.1) is 12.2 Å². The summed E-state index contributed by atoms with van der Waals surface area (Å²) in [4.78, 5) is 3.96. The number of hydrogen-bond acceptors (Lipinski definition) is 3. The Morgan fingerprint density at radius 2 is 2.18 bits per heavy atom. The minimum atomic E-state index is 0.219. The maximum Gasteiger partial charge on any atom is 0.155 e. The highest BCUT2D eigenvalue weighted by Crippen LogP contribution is 2.27. The molecule has 2 rings (SSSR count). The van der Waals surface area contributed by atoms with E-state index in [1.807, 2.05) is 18.2 Å². The fraction of sp³-hybridized carbons (Fsp3) is 0.385. The number of rotatable bonds is 5. The van der Waals surface area contributed by atoms with E-state index in [1.54, 1.807) is 0 Å². The zero-order valence-electron chi connectivity index (χ0n) is 9.99. The van der Waals surface area contributed by atoms with E-state index in [2.05, 4.69) is 11.9 Å². The maximum atomic E-state index is 7.68. The number of ether oxygens (including phenoxy) is 1. The summed E-state index contributed by atoms with van der Waals surface area (Å²) in [6.07, 6.45) is 3.37. The van der Waals surface area contributed by atoms with E-state index < -0.39 is 0 Å². The lowest BCUT2D eigenvalue weighted by atomic mass is 10.1. The van der Waals surface area contributed by atoms with Crippen molar-refractivity contribution < 1.29 is 4.74 Å². The number of aliphatic imine (C=N–C) groups is 1. The lowest BCUT2D eigenvalue weighted by molar-refractivity contribution is 0.306. The number of nitrogens with one attached hydrogen (secondary N) is 1. The van der Waals surface area contributed by atoms with E-state index >= 15 is 0 Å². The van der Waals surface area contributed by atoms with Gasteiger partial charge in [0.15, 0.2) is 5.84 Å². The van der Waals surface area contributed by atoms with Gasteiger partial charge in [0.2, 0.25) is 0 Å². The van der Waals surface area contributed by atoms with Gasteiger partial charge in [-0.1, -0.05) is 31.9 Å². The average molecular weight is 231 g/mol. The topological polar surface area (TPSA) is 71.5 Å². The zero-order chi connectivity index (χ0) is 12.3. The predicted molar refractivity (Wildman–Crippen MR) is 69.0 cm³/mol. The quantitative estimate of drug-likeness (QED) is 0.763. The number of nitrogens with two attached hydrogens (primary N) is 1. The van der Waals surface area contributed by atoms with Crippen LogP contribution in [0.4, 0.5) is 0 Å². The largest absolute Gasteiger partial charge is 0.493 e. The van der Waals surface area contributed by atoms with Crippen LogP contribution in [0.1, 0.15) is 37.3 Å². The van der Waals surface area contributed by atoms with Gasteiger partial charge < -0.3 is 10.5 Å². The molecule has 3 N–H and O–H groups in total. The van der Waals surface area contributed by atoms with Gasteiger partial charge >= 0.3 is 0 Å². The second-order valence-corrected chi connectivity index (χ2v) is 4.08. The third kappa shape index (κ3) is 2.30. The van der Waals surface area contributed by atoms with E-state index in [9.17, 15) is 0 Å². The molecule has 4 heteroatoms. The van der Waals surface area contributed by atoms with Gasteiger partial charge in [-0.25, -0.2) is 4.99 Å². The van der Waals surface area contributed by atoms with Crippen molar-refractivity contribution in [1.29, 1.82) is 5.41 Å².